The van der Waals surface area contributed by atoms with Crippen LogP contribution in [0.3, 0.4) is 0 Å². The molecule has 2 aliphatic rings. The molecule has 3 aromatic rings. The fourth-order valence-corrected chi connectivity index (χ4v) is 5.26. The molecule has 37 heavy (non-hydrogen) atoms. The molecule has 0 radical (unpaired) electrons. The molecule has 1 aliphatic heterocycles. The fourth-order valence-electron chi connectivity index (χ4n) is 5.26. The van der Waals surface area contributed by atoms with Crippen molar-refractivity contribution in [1.82, 2.24) is 0 Å². The van der Waals surface area contributed by atoms with Gasteiger partial charge in [0.25, 0.3) is 0 Å². The van der Waals surface area contributed by atoms with Crippen molar-refractivity contribution in [3.63, 3.8) is 0 Å². The number of carbonyl (C=O) groups is 1. The summed E-state index contributed by atoms with van der Waals surface area (Å²) in [5.41, 5.74) is 2.80. The van der Waals surface area contributed by atoms with Crippen LogP contribution >= 0.6 is 0 Å². The Kier molecular flexibility index (Phi) is 6.75. The Morgan fingerprint density at radius 2 is 1.84 bits per heavy atom. The van der Waals surface area contributed by atoms with Crippen molar-refractivity contribution in [2.45, 2.75) is 43.9 Å². The van der Waals surface area contributed by atoms with Gasteiger partial charge in [-0.25, -0.2) is 0 Å². The summed E-state index contributed by atoms with van der Waals surface area (Å²) in [7, 11) is 2.89. The summed E-state index contributed by atoms with van der Waals surface area (Å²) < 4.78 is 64.0. The first kappa shape index (κ1) is 25.0. The third-order valence-electron chi connectivity index (χ3n) is 7.08. The van der Waals surface area contributed by atoms with Crippen LogP contribution < -0.4 is 14.2 Å². The van der Waals surface area contributed by atoms with Gasteiger partial charge in [-0.05, 0) is 65.8 Å². The Hall–Kier alpha value is -3.68. The van der Waals surface area contributed by atoms with E-state index in [1.165, 1.54) is 20.3 Å². The van der Waals surface area contributed by atoms with Crippen LogP contribution in [0.25, 0.3) is 0 Å². The molecule has 0 fully saturated rings. The highest BCUT2D eigenvalue weighted by atomic mass is 19.4. The predicted octanol–water partition coefficient (Wildman–Crippen LogP) is 6.41. The van der Waals surface area contributed by atoms with Gasteiger partial charge in [-0.2, -0.15) is 13.2 Å². The van der Waals surface area contributed by atoms with Crippen LogP contribution in [0.1, 0.15) is 58.2 Å². The monoisotopic (exact) mass is 512 g/mol. The summed E-state index contributed by atoms with van der Waals surface area (Å²) in [4.78, 5) is 11.7. The molecular weight excluding hydrogens is 485 g/mol. The van der Waals surface area contributed by atoms with E-state index < -0.39 is 11.7 Å². The molecule has 0 saturated carbocycles. The molecule has 0 bridgehead atoms. The second-order valence-corrected chi connectivity index (χ2v) is 9.32. The SMILES string of the molecule is COC(=O)C[C@@H]1COc2cc(O[C@@H]3CCc4c3ccc(C(F)(F)F)c4Cc3cccc(OC)c3)ccc21. The number of esters is 1. The zero-order chi connectivity index (χ0) is 26.2. The van der Waals surface area contributed by atoms with E-state index in [2.05, 4.69) is 0 Å². The van der Waals surface area contributed by atoms with Gasteiger partial charge in [-0.15, -0.1) is 0 Å². The lowest BCUT2D eigenvalue weighted by atomic mass is 9.91. The molecule has 2 atom stereocenters. The molecule has 5 rings (SSSR count). The van der Waals surface area contributed by atoms with E-state index in [4.69, 9.17) is 18.9 Å². The quantitative estimate of drug-likeness (QED) is 0.343. The summed E-state index contributed by atoms with van der Waals surface area (Å²) in [6.07, 6.45) is -3.38. The van der Waals surface area contributed by atoms with Crippen molar-refractivity contribution in [2.24, 2.45) is 0 Å². The second kappa shape index (κ2) is 10.00. The largest absolute Gasteiger partial charge is 0.497 e. The smallest absolute Gasteiger partial charge is 0.416 e. The van der Waals surface area contributed by atoms with Gasteiger partial charge in [0, 0.05) is 17.5 Å². The van der Waals surface area contributed by atoms with Crippen LogP contribution in [0.4, 0.5) is 13.2 Å². The summed E-state index contributed by atoms with van der Waals surface area (Å²) >= 11 is 0. The third kappa shape index (κ3) is 5.10. The molecule has 0 unspecified atom stereocenters. The molecule has 194 valence electrons. The first-order valence-corrected chi connectivity index (χ1v) is 12.1. The van der Waals surface area contributed by atoms with Crippen LogP contribution in [0.5, 0.6) is 17.2 Å². The van der Waals surface area contributed by atoms with E-state index in [1.807, 2.05) is 18.2 Å². The second-order valence-electron chi connectivity index (χ2n) is 9.32. The van der Waals surface area contributed by atoms with Crippen LogP contribution in [-0.2, 0) is 28.5 Å². The van der Waals surface area contributed by atoms with Crippen molar-refractivity contribution in [2.75, 3.05) is 20.8 Å². The number of rotatable bonds is 7. The van der Waals surface area contributed by atoms with Gasteiger partial charge < -0.3 is 18.9 Å². The van der Waals surface area contributed by atoms with Gasteiger partial charge in [0.05, 0.1) is 32.8 Å². The van der Waals surface area contributed by atoms with Crippen molar-refractivity contribution < 1.29 is 36.9 Å². The maximum atomic E-state index is 14.0. The van der Waals surface area contributed by atoms with Crippen molar-refractivity contribution in [1.29, 1.82) is 0 Å². The van der Waals surface area contributed by atoms with Gasteiger partial charge in [0.1, 0.15) is 23.4 Å². The topological polar surface area (TPSA) is 54.0 Å². The van der Waals surface area contributed by atoms with Crippen molar-refractivity contribution in [3.8, 4) is 17.2 Å². The molecule has 1 heterocycles. The predicted molar refractivity (Wildman–Crippen MR) is 130 cm³/mol. The number of carbonyl (C=O) groups excluding carboxylic acids is 1. The number of hydrogen-bond acceptors (Lipinski definition) is 5. The third-order valence-corrected chi connectivity index (χ3v) is 7.08. The first-order valence-electron chi connectivity index (χ1n) is 12.1. The summed E-state index contributed by atoms with van der Waals surface area (Å²) in [5, 5.41) is 0. The van der Waals surface area contributed by atoms with Crippen LogP contribution in [-0.4, -0.2) is 26.8 Å². The Bertz CT molecular complexity index is 1320. The Labute approximate surface area is 213 Å². The van der Waals surface area contributed by atoms with Crippen LogP contribution in [0.2, 0.25) is 0 Å². The highest BCUT2D eigenvalue weighted by Crippen LogP contribution is 2.44. The minimum absolute atomic E-state index is 0.0799. The minimum atomic E-state index is -4.46. The van der Waals surface area contributed by atoms with Gasteiger partial charge in [-0.3, -0.25) is 4.79 Å². The number of methoxy groups -OCH3 is 2. The van der Waals surface area contributed by atoms with Gasteiger partial charge >= 0.3 is 12.1 Å². The molecule has 5 nitrogen and oxygen atoms in total. The van der Waals surface area contributed by atoms with E-state index >= 15 is 0 Å². The maximum absolute atomic E-state index is 14.0. The molecule has 0 saturated heterocycles. The van der Waals surface area contributed by atoms with Crippen LogP contribution in [0.15, 0.2) is 54.6 Å². The van der Waals surface area contributed by atoms with Crippen molar-refractivity contribution >= 4 is 5.97 Å². The summed E-state index contributed by atoms with van der Waals surface area (Å²) in [5.74, 6) is 1.45. The lowest BCUT2D eigenvalue weighted by molar-refractivity contribution is -0.141. The molecule has 1 aliphatic carbocycles. The number of halogens is 3. The zero-order valence-electron chi connectivity index (χ0n) is 20.6. The summed E-state index contributed by atoms with van der Waals surface area (Å²) in [6, 6.07) is 15.3. The van der Waals surface area contributed by atoms with E-state index in [1.54, 1.807) is 30.3 Å². The number of benzene rings is 3. The normalized spacial score (nSPS) is 18.1. The molecule has 0 aromatic heterocycles. The molecular formula is C29H27F3O5. The van der Waals surface area contributed by atoms with Gasteiger partial charge in [0.15, 0.2) is 0 Å². The van der Waals surface area contributed by atoms with Gasteiger partial charge in [-0.1, -0.05) is 24.3 Å². The van der Waals surface area contributed by atoms with Crippen molar-refractivity contribution in [3.05, 3.63) is 88.0 Å². The molecule has 0 N–H and O–H groups in total. The molecule has 0 spiro atoms. The molecule has 0 amide bonds. The molecule has 8 heteroatoms. The standard InChI is InChI=1S/C29H27F3O5/c1-34-19-5-3-4-17(12-19)13-24-22-9-11-26(23(22)8-10-25(24)29(30,31)32)37-20-6-7-21-18(14-28(33)35-2)16-36-27(21)15-20/h3-8,10,12,15,18,26H,9,11,13-14,16H2,1-2H3/t18-,26-/m1/s1. The average Bonchev–Trinajstić information content (AvgIpc) is 3.47. The van der Waals surface area contributed by atoms with E-state index in [9.17, 15) is 18.0 Å². The van der Waals surface area contributed by atoms with E-state index in [-0.39, 0.29) is 36.4 Å². The van der Waals surface area contributed by atoms with Crippen LogP contribution in [0, 0.1) is 0 Å². The number of hydrogen-bond donors (Lipinski definition) is 0. The number of alkyl halides is 3. The lowest BCUT2D eigenvalue weighted by Crippen LogP contribution is -2.13. The molecule has 3 aromatic carbocycles. The Morgan fingerprint density at radius 1 is 1.03 bits per heavy atom. The van der Waals surface area contributed by atoms with Gasteiger partial charge in [0.2, 0.25) is 0 Å². The average molecular weight is 513 g/mol. The highest BCUT2D eigenvalue weighted by molar-refractivity contribution is 5.71. The number of ether oxygens (including phenoxy) is 4. The lowest BCUT2D eigenvalue weighted by Gasteiger charge is -2.20. The van der Waals surface area contributed by atoms with E-state index in [0.717, 1.165) is 16.7 Å². The minimum Gasteiger partial charge on any atom is -0.497 e. The van der Waals surface area contributed by atoms with E-state index in [0.29, 0.717) is 42.3 Å². The first-order chi connectivity index (χ1) is 17.8. The zero-order valence-corrected chi connectivity index (χ0v) is 20.6. The number of fused-ring (bicyclic) bond motifs is 2. The fraction of sp³-hybridized carbons (Fsp3) is 0.345. The maximum Gasteiger partial charge on any atom is 0.416 e. The Balaban J connectivity index is 1.41. The Morgan fingerprint density at radius 3 is 2.59 bits per heavy atom. The highest BCUT2D eigenvalue weighted by Gasteiger charge is 2.37. The summed E-state index contributed by atoms with van der Waals surface area (Å²) in [6.45, 7) is 0.383.